The Hall–Kier alpha value is -1.48. The predicted octanol–water partition coefficient (Wildman–Crippen LogP) is 2.92. The van der Waals surface area contributed by atoms with Crippen LogP contribution < -0.4 is 5.73 Å². The molecule has 0 spiro atoms. The van der Waals surface area contributed by atoms with Crippen molar-refractivity contribution in [3.63, 3.8) is 0 Å². The smallest absolute Gasteiger partial charge is 0.0180 e. The Bertz CT molecular complexity index is 371. The van der Waals surface area contributed by atoms with Crippen LogP contribution in [-0.4, -0.2) is 11.9 Å². The van der Waals surface area contributed by atoms with Crippen molar-refractivity contribution in [2.75, 3.05) is 0 Å². The van der Waals surface area contributed by atoms with E-state index in [1.165, 1.54) is 11.8 Å². The maximum atomic E-state index is 7.94. The summed E-state index contributed by atoms with van der Waals surface area (Å²) in [5, 5.41) is 14.9. The number of unbranched alkanes of at least 4 members (excludes halogenated alkanes) is 2. The SMILES string of the molecule is N=CCCCCC(=N)Cc1ccccc1CN. The molecule has 0 heterocycles. The summed E-state index contributed by atoms with van der Waals surface area (Å²) in [6.07, 6.45) is 5.80. The van der Waals surface area contributed by atoms with E-state index in [1.54, 1.807) is 0 Å². The molecule has 0 saturated heterocycles. The second-order valence-electron chi connectivity index (χ2n) is 4.20. The number of nitrogens with two attached hydrogens (primary N) is 1. The standard InChI is InChI=1S/C14H21N3/c15-9-5-1-2-8-14(17)10-12-6-3-4-7-13(12)11-16/h3-4,6-7,9,15,17H,1-2,5,8,10-11,16H2. The molecule has 0 aliphatic carbocycles. The highest BCUT2D eigenvalue weighted by molar-refractivity contribution is 5.83. The van der Waals surface area contributed by atoms with Crippen molar-refractivity contribution < 1.29 is 0 Å². The van der Waals surface area contributed by atoms with E-state index < -0.39 is 0 Å². The number of nitrogens with one attached hydrogen (secondary N) is 2. The van der Waals surface area contributed by atoms with Crippen LogP contribution in [0.1, 0.15) is 36.8 Å². The molecule has 17 heavy (non-hydrogen) atoms. The predicted molar refractivity (Wildman–Crippen MR) is 73.0 cm³/mol. The first-order valence-corrected chi connectivity index (χ1v) is 6.10. The Morgan fingerprint density at radius 2 is 1.88 bits per heavy atom. The summed E-state index contributed by atoms with van der Waals surface area (Å²) in [7, 11) is 0. The lowest BCUT2D eigenvalue weighted by Gasteiger charge is -2.08. The minimum Gasteiger partial charge on any atom is -0.326 e. The molecule has 0 radical (unpaired) electrons. The molecule has 92 valence electrons. The molecule has 0 fully saturated rings. The van der Waals surface area contributed by atoms with Crippen LogP contribution in [0.4, 0.5) is 0 Å². The Kier molecular flexibility index (Phi) is 6.18. The molecule has 1 rings (SSSR count). The van der Waals surface area contributed by atoms with Gasteiger partial charge in [0.25, 0.3) is 0 Å². The van der Waals surface area contributed by atoms with Gasteiger partial charge >= 0.3 is 0 Å². The fourth-order valence-corrected chi connectivity index (χ4v) is 1.83. The van der Waals surface area contributed by atoms with Crippen LogP contribution in [-0.2, 0) is 13.0 Å². The van der Waals surface area contributed by atoms with Gasteiger partial charge in [0, 0.05) is 18.7 Å². The van der Waals surface area contributed by atoms with E-state index in [-0.39, 0.29) is 0 Å². The van der Waals surface area contributed by atoms with Gasteiger partial charge in [-0.25, -0.2) is 0 Å². The molecule has 0 bridgehead atoms. The number of rotatable bonds is 8. The minimum atomic E-state index is 0.539. The van der Waals surface area contributed by atoms with E-state index in [0.29, 0.717) is 13.0 Å². The van der Waals surface area contributed by atoms with Crippen LogP contribution in [0.15, 0.2) is 24.3 Å². The van der Waals surface area contributed by atoms with Gasteiger partial charge in [0.2, 0.25) is 0 Å². The molecule has 0 atom stereocenters. The van der Waals surface area contributed by atoms with Crippen LogP contribution in [0, 0.1) is 10.8 Å². The number of hydrogen-bond acceptors (Lipinski definition) is 3. The summed E-state index contributed by atoms with van der Waals surface area (Å²) in [4.78, 5) is 0. The van der Waals surface area contributed by atoms with Crippen LogP contribution in [0.2, 0.25) is 0 Å². The zero-order valence-electron chi connectivity index (χ0n) is 10.2. The van der Waals surface area contributed by atoms with Gasteiger partial charge in [-0.05, 0) is 43.0 Å². The third kappa shape index (κ3) is 4.91. The molecule has 0 amide bonds. The highest BCUT2D eigenvalue weighted by Crippen LogP contribution is 2.11. The van der Waals surface area contributed by atoms with Crippen molar-refractivity contribution in [3.05, 3.63) is 35.4 Å². The van der Waals surface area contributed by atoms with E-state index >= 15 is 0 Å². The zero-order valence-corrected chi connectivity index (χ0v) is 10.2. The van der Waals surface area contributed by atoms with E-state index in [9.17, 15) is 0 Å². The molecule has 1 aromatic rings. The Labute approximate surface area is 103 Å². The molecule has 0 saturated carbocycles. The van der Waals surface area contributed by atoms with Crippen LogP contribution in [0.5, 0.6) is 0 Å². The van der Waals surface area contributed by atoms with Gasteiger partial charge in [-0.1, -0.05) is 24.3 Å². The van der Waals surface area contributed by atoms with E-state index in [4.69, 9.17) is 16.6 Å². The first kappa shape index (κ1) is 13.6. The van der Waals surface area contributed by atoms with Crippen molar-refractivity contribution in [2.45, 2.75) is 38.6 Å². The van der Waals surface area contributed by atoms with Gasteiger partial charge in [-0.15, -0.1) is 0 Å². The molecular formula is C14H21N3. The highest BCUT2D eigenvalue weighted by Gasteiger charge is 2.03. The molecule has 3 nitrogen and oxygen atoms in total. The van der Waals surface area contributed by atoms with Crippen LogP contribution in [0.3, 0.4) is 0 Å². The first-order chi connectivity index (χ1) is 8.27. The van der Waals surface area contributed by atoms with E-state index in [2.05, 4.69) is 0 Å². The van der Waals surface area contributed by atoms with Gasteiger partial charge in [0.05, 0.1) is 0 Å². The van der Waals surface area contributed by atoms with Crippen molar-refractivity contribution in [1.29, 1.82) is 10.8 Å². The average Bonchev–Trinajstić information content (AvgIpc) is 2.35. The van der Waals surface area contributed by atoms with Gasteiger partial charge in [-0.3, -0.25) is 0 Å². The second-order valence-corrected chi connectivity index (χ2v) is 4.20. The first-order valence-electron chi connectivity index (χ1n) is 6.10. The lowest BCUT2D eigenvalue weighted by Crippen LogP contribution is -2.07. The lowest BCUT2D eigenvalue weighted by atomic mass is 9.99. The molecule has 1 aromatic carbocycles. The van der Waals surface area contributed by atoms with Crippen molar-refractivity contribution >= 4 is 11.9 Å². The lowest BCUT2D eigenvalue weighted by molar-refractivity contribution is 0.790. The monoisotopic (exact) mass is 231 g/mol. The van der Waals surface area contributed by atoms with Crippen molar-refractivity contribution in [1.82, 2.24) is 0 Å². The minimum absolute atomic E-state index is 0.539. The summed E-state index contributed by atoms with van der Waals surface area (Å²) >= 11 is 0. The second kappa shape index (κ2) is 7.74. The van der Waals surface area contributed by atoms with Gasteiger partial charge in [0.1, 0.15) is 0 Å². The number of hydrogen-bond donors (Lipinski definition) is 3. The summed E-state index contributed by atoms with van der Waals surface area (Å²) in [5.41, 5.74) is 8.74. The topological polar surface area (TPSA) is 73.7 Å². The van der Waals surface area contributed by atoms with E-state index in [1.807, 2.05) is 24.3 Å². The highest BCUT2D eigenvalue weighted by atomic mass is 14.5. The molecule has 0 unspecified atom stereocenters. The van der Waals surface area contributed by atoms with Crippen molar-refractivity contribution in [2.24, 2.45) is 5.73 Å². The molecule has 3 heteroatoms. The third-order valence-corrected chi connectivity index (χ3v) is 2.82. The summed E-state index contributed by atoms with van der Waals surface area (Å²) < 4.78 is 0. The quantitative estimate of drug-likeness (QED) is 0.467. The molecule has 0 aliphatic rings. The molecule has 0 aromatic heterocycles. The van der Waals surface area contributed by atoms with Crippen molar-refractivity contribution in [3.8, 4) is 0 Å². The van der Waals surface area contributed by atoms with Gasteiger partial charge in [-0.2, -0.15) is 0 Å². The fourth-order valence-electron chi connectivity index (χ4n) is 1.83. The Balaban J connectivity index is 2.42. The van der Waals surface area contributed by atoms with E-state index in [0.717, 1.165) is 37.0 Å². The van der Waals surface area contributed by atoms with Crippen LogP contribution >= 0.6 is 0 Å². The molecule has 0 aliphatic heterocycles. The Morgan fingerprint density at radius 1 is 1.18 bits per heavy atom. The van der Waals surface area contributed by atoms with Gasteiger partial charge < -0.3 is 16.6 Å². The zero-order chi connectivity index (χ0) is 12.5. The maximum Gasteiger partial charge on any atom is 0.0180 e. The molecular weight excluding hydrogens is 210 g/mol. The fraction of sp³-hybridized carbons (Fsp3) is 0.429. The van der Waals surface area contributed by atoms with Gasteiger partial charge in [0.15, 0.2) is 0 Å². The summed E-state index contributed by atoms with van der Waals surface area (Å²) in [5.74, 6) is 0. The maximum absolute atomic E-state index is 7.94. The number of benzene rings is 1. The summed E-state index contributed by atoms with van der Waals surface area (Å²) in [6, 6.07) is 8.06. The Morgan fingerprint density at radius 3 is 2.53 bits per heavy atom. The normalized spacial score (nSPS) is 10.2. The van der Waals surface area contributed by atoms with Crippen LogP contribution in [0.25, 0.3) is 0 Å². The summed E-state index contributed by atoms with van der Waals surface area (Å²) in [6.45, 7) is 0.539. The molecule has 4 N–H and O–H groups in total. The third-order valence-electron chi connectivity index (χ3n) is 2.82. The largest absolute Gasteiger partial charge is 0.326 e. The average molecular weight is 231 g/mol.